The van der Waals surface area contributed by atoms with Crippen LogP contribution in [0.5, 0.6) is 0 Å². The third kappa shape index (κ3) is 12.4. The summed E-state index contributed by atoms with van der Waals surface area (Å²) in [6, 6.07) is 0.464. The average Bonchev–Trinajstić information content (AvgIpc) is 2.30. The Morgan fingerprint density at radius 3 is 2.39 bits per heavy atom. The van der Waals surface area contributed by atoms with E-state index in [0.717, 1.165) is 31.4 Å². The van der Waals surface area contributed by atoms with Crippen molar-refractivity contribution in [1.82, 2.24) is 10.6 Å². The van der Waals surface area contributed by atoms with Gasteiger partial charge in [-0.25, -0.2) is 0 Å². The summed E-state index contributed by atoms with van der Waals surface area (Å²) in [7, 11) is 3.53. The van der Waals surface area contributed by atoms with E-state index in [2.05, 4.69) is 36.4 Å². The molecule has 0 amide bonds. The van der Waals surface area contributed by atoms with Gasteiger partial charge in [0.2, 0.25) is 0 Å². The number of nitrogens with one attached hydrogen (secondary N) is 2. The van der Waals surface area contributed by atoms with E-state index in [4.69, 9.17) is 4.74 Å². The monoisotopic (exact) mass is 371 g/mol. The Morgan fingerprint density at radius 1 is 1.22 bits per heavy atom. The van der Waals surface area contributed by atoms with Gasteiger partial charge in [-0.05, 0) is 32.1 Å². The summed E-state index contributed by atoms with van der Waals surface area (Å²) in [5, 5.41) is 6.68. The molecule has 0 aromatic rings. The normalized spacial score (nSPS) is 13.1. The molecule has 0 aromatic carbocycles. The zero-order valence-corrected chi connectivity index (χ0v) is 14.8. The first-order valence-electron chi connectivity index (χ1n) is 6.56. The standard InChI is InChI=1S/C13H29N3O.HI/c1-11(2)7-8-12(3)16-13(14-4)15-9-6-10-17-5;/h11-12H,6-10H2,1-5H3,(H2,14,15,16);1H. The van der Waals surface area contributed by atoms with Crippen LogP contribution >= 0.6 is 24.0 Å². The molecular formula is C13H30IN3O. The van der Waals surface area contributed by atoms with Crippen LogP contribution in [-0.2, 0) is 4.74 Å². The molecule has 0 spiro atoms. The first kappa shape index (κ1) is 20.3. The Morgan fingerprint density at radius 2 is 1.89 bits per heavy atom. The molecule has 0 saturated heterocycles. The number of methoxy groups -OCH3 is 1. The predicted molar refractivity (Wildman–Crippen MR) is 89.9 cm³/mol. The average molecular weight is 371 g/mol. The van der Waals surface area contributed by atoms with Crippen molar-refractivity contribution in [3.05, 3.63) is 0 Å². The Hall–Kier alpha value is -0.0400. The maximum Gasteiger partial charge on any atom is 0.191 e. The van der Waals surface area contributed by atoms with Gasteiger partial charge in [0.15, 0.2) is 5.96 Å². The highest BCUT2D eigenvalue weighted by molar-refractivity contribution is 14.0. The number of rotatable bonds is 8. The zero-order chi connectivity index (χ0) is 13.1. The highest BCUT2D eigenvalue weighted by Gasteiger charge is 2.05. The van der Waals surface area contributed by atoms with Gasteiger partial charge < -0.3 is 15.4 Å². The molecule has 110 valence electrons. The minimum atomic E-state index is 0. The van der Waals surface area contributed by atoms with Gasteiger partial charge in [0, 0.05) is 33.4 Å². The number of ether oxygens (including phenoxy) is 1. The molecule has 0 aliphatic carbocycles. The summed E-state index contributed by atoms with van der Waals surface area (Å²) < 4.78 is 5.00. The van der Waals surface area contributed by atoms with Gasteiger partial charge in [0.1, 0.15) is 0 Å². The molecule has 0 bridgehead atoms. The molecule has 2 N–H and O–H groups in total. The minimum absolute atomic E-state index is 0. The minimum Gasteiger partial charge on any atom is -0.385 e. The van der Waals surface area contributed by atoms with E-state index in [-0.39, 0.29) is 24.0 Å². The van der Waals surface area contributed by atoms with Gasteiger partial charge in [-0.3, -0.25) is 4.99 Å². The van der Waals surface area contributed by atoms with Crippen LogP contribution in [0, 0.1) is 5.92 Å². The first-order chi connectivity index (χ1) is 8.10. The molecule has 0 aliphatic rings. The van der Waals surface area contributed by atoms with Crippen molar-refractivity contribution >= 4 is 29.9 Å². The lowest BCUT2D eigenvalue weighted by Gasteiger charge is -2.18. The van der Waals surface area contributed by atoms with Crippen molar-refractivity contribution in [3.63, 3.8) is 0 Å². The molecule has 0 aromatic heterocycles. The Bertz CT molecular complexity index is 210. The molecule has 0 radical (unpaired) electrons. The fourth-order valence-corrected chi connectivity index (χ4v) is 1.51. The summed E-state index contributed by atoms with van der Waals surface area (Å²) >= 11 is 0. The molecule has 0 fully saturated rings. The topological polar surface area (TPSA) is 45.7 Å². The van der Waals surface area contributed by atoms with Gasteiger partial charge in [-0.15, -0.1) is 24.0 Å². The second kappa shape index (κ2) is 13.4. The van der Waals surface area contributed by atoms with Crippen LogP contribution in [0.15, 0.2) is 4.99 Å². The quantitative estimate of drug-likeness (QED) is 0.298. The molecule has 0 rings (SSSR count). The summed E-state index contributed by atoms with van der Waals surface area (Å²) in [6.07, 6.45) is 3.42. The number of hydrogen-bond acceptors (Lipinski definition) is 2. The van der Waals surface area contributed by atoms with Crippen molar-refractivity contribution in [2.45, 2.75) is 46.1 Å². The van der Waals surface area contributed by atoms with Crippen LogP contribution in [0.25, 0.3) is 0 Å². The molecule has 4 nitrogen and oxygen atoms in total. The molecule has 5 heteroatoms. The van der Waals surface area contributed by atoms with Crippen molar-refractivity contribution in [3.8, 4) is 0 Å². The number of hydrogen-bond donors (Lipinski definition) is 2. The molecule has 0 heterocycles. The number of nitrogens with zero attached hydrogens (tertiary/aromatic N) is 1. The van der Waals surface area contributed by atoms with E-state index in [0.29, 0.717) is 6.04 Å². The van der Waals surface area contributed by atoms with Gasteiger partial charge in [-0.1, -0.05) is 13.8 Å². The van der Waals surface area contributed by atoms with Crippen LogP contribution in [-0.4, -0.2) is 39.3 Å². The molecule has 18 heavy (non-hydrogen) atoms. The van der Waals surface area contributed by atoms with E-state index in [1.807, 2.05) is 0 Å². The molecule has 0 aliphatic heterocycles. The van der Waals surface area contributed by atoms with Gasteiger partial charge in [-0.2, -0.15) is 0 Å². The van der Waals surface area contributed by atoms with E-state index in [1.54, 1.807) is 14.2 Å². The van der Waals surface area contributed by atoms with Crippen molar-refractivity contribution in [2.24, 2.45) is 10.9 Å². The highest BCUT2D eigenvalue weighted by Crippen LogP contribution is 2.06. The first-order valence-corrected chi connectivity index (χ1v) is 6.56. The zero-order valence-electron chi connectivity index (χ0n) is 12.5. The van der Waals surface area contributed by atoms with Crippen LogP contribution in [0.1, 0.15) is 40.0 Å². The SMILES string of the molecule is CN=C(NCCCOC)NC(C)CCC(C)C.I. The fraction of sp³-hybridized carbons (Fsp3) is 0.923. The summed E-state index contributed by atoms with van der Waals surface area (Å²) in [5.41, 5.74) is 0. The van der Waals surface area contributed by atoms with Gasteiger partial charge in [0.05, 0.1) is 0 Å². The van der Waals surface area contributed by atoms with Gasteiger partial charge >= 0.3 is 0 Å². The molecule has 0 saturated carbocycles. The number of aliphatic imine (C=N–C) groups is 1. The Labute approximate surface area is 129 Å². The van der Waals surface area contributed by atoms with Crippen LogP contribution < -0.4 is 10.6 Å². The number of halogens is 1. The summed E-state index contributed by atoms with van der Waals surface area (Å²) in [4.78, 5) is 4.21. The lowest BCUT2D eigenvalue weighted by atomic mass is 10.0. The Kier molecular flexibility index (Phi) is 15.1. The lowest BCUT2D eigenvalue weighted by Crippen LogP contribution is -2.42. The van der Waals surface area contributed by atoms with E-state index in [9.17, 15) is 0 Å². The second-order valence-electron chi connectivity index (χ2n) is 4.86. The fourth-order valence-electron chi connectivity index (χ4n) is 1.51. The maximum absolute atomic E-state index is 5.00. The van der Waals surface area contributed by atoms with Crippen LogP contribution in [0.2, 0.25) is 0 Å². The molecule has 1 atom stereocenters. The van der Waals surface area contributed by atoms with E-state index < -0.39 is 0 Å². The Balaban J connectivity index is 0. The third-order valence-electron chi connectivity index (χ3n) is 2.60. The summed E-state index contributed by atoms with van der Waals surface area (Å²) in [6.45, 7) is 8.39. The van der Waals surface area contributed by atoms with E-state index >= 15 is 0 Å². The lowest BCUT2D eigenvalue weighted by molar-refractivity contribution is 0.195. The largest absolute Gasteiger partial charge is 0.385 e. The van der Waals surface area contributed by atoms with Gasteiger partial charge in [0.25, 0.3) is 0 Å². The second-order valence-corrected chi connectivity index (χ2v) is 4.86. The van der Waals surface area contributed by atoms with Crippen LogP contribution in [0.3, 0.4) is 0 Å². The molecular weight excluding hydrogens is 341 g/mol. The van der Waals surface area contributed by atoms with Crippen molar-refractivity contribution < 1.29 is 4.74 Å². The van der Waals surface area contributed by atoms with Crippen molar-refractivity contribution in [1.29, 1.82) is 0 Å². The highest BCUT2D eigenvalue weighted by atomic mass is 127. The maximum atomic E-state index is 5.00. The van der Waals surface area contributed by atoms with Crippen molar-refractivity contribution in [2.75, 3.05) is 27.3 Å². The van der Waals surface area contributed by atoms with E-state index in [1.165, 1.54) is 12.8 Å². The number of guanidine groups is 1. The predicted octanol–water partition coefficient (Wildman–Crippen LogP) is 2.63. The smallest absolute Gasteiger partial charge is 0.191 e. The van der Waals surface area contributed by atoms with Crippen LogP contribution in [0.4, 0.5) is 0 Å². The summed E-state index contributed by atoms with van der Waals surface area (Å²) in [5.74, 6) is 1.65. The third-order valence-corrected chi connectivity index (χ3v) is 2.60. The molecule has 1 unspecified atom stereocenters.